The molecular weight excluding hydrogens is 1400 g/mol. The van der Waals surface area contributed by atoms with Crippen LogP contribution in [0.4, 0.5) is 0 Å². The highest BCUT2D eigenvalue weighted by molar-refractivity contribution is 7.26. The number of aromatic nitrogens is 8. The van der Waals surface area contributed by atoms with Gasteiger partial charge in [0.25, 0.3) is 0 Å². The fourth-order valence-electron chi connectivity index (χ4n) is 15.9. The zero-order valence-electron chi connectivity index (χ0n) is 60.3. The summed E-state index contributed by atoms with van der Waals surface area (Å²) in [6, 6.07) is 137. The number of rotatable bonds is 12. The van der Waals surface area contributed by atoms with E-state index in [-0.39, 0.29) is 0 Å². The maximum absolute atomic E-state index is 4.97. The van der Waals surface area contributed by atoms with Gasteiger partial charge in [-0.2, -0.15) is 0 Å². The van der Waals surface area contributed by atoms with Gasteiger partial charge in [0, 0.05) is 107 Å². The summed E-state index contributed by atoms with van der Waals surface area (Å²) in [6.07, 6.45) is 0. The third-order valence-electron chi connectivity index (χ3n) is 21.3. The predicted octanol–water partition coefficient (Wildman–Crippen LogP) is 27.3. The van der Waals surface area contributed by atoms with Gasteiger partial charge in [0.05, 0.1) is 22.1 Å². The number of fused-ring (bicyclic) bond motifs is 12. The van der Waals surface area contributed by atoms with Gasteiger partial charge in [-0.05, 0) is 123 Å². The van der Waals surface area contributed by atoms with E-state index >= 15 is 0 Å². The molecule has 8 nitrogen and oxygen atoms in total. The van der Waals surface area contributed by atoms with Crippen LogP contribution in [0.1, 0.15) is 0 Å². The largest absolute Gasteiger partial charge is 0.309 e. The van der Waals surface area contributed by atoms with Crippen molar-refractivity contribution in [2.75, 3.05) is 0 Å². The van der Waals surface area contributed by atoms with Crippen molar-refractivity contribution in [3.63, 3.8) is 0 Å². The molecule has 16 aromatic carbocycles. The molecule has 0 unspecified atom stereocenters. The lowest BCUT2D eigenvalue weighted by Crippen LogP contribution is -2.00. The van der Waals surface area contributed by atoms with E-state index in [2.05, 4.69) is 276 Å². The van der Waals surface area contributed by atoms with E-state index in [0.717, 1.165) is 67.0 Å². The highest BCUT2D eigenvalue weighted by Crippen LogP contribution is 2.45. The van der Waals surface area contributed by atoms with E-state index in [0.29, 0.717) is 34.9 Å². The lowest BCUT2D eigenvalue weighted by molar-refractivity contribution is 1.07. The first kappa shape index (κ1) is 65.8. The quantitative estimate of drug-likeness (QED) is 0.121. The molecule has 22 rings (SSSR count). The fraction of sp³-hybridized carbons (Fsp3) is 0. The van der Waals surface area contributed by atoms with E-state index in [4.69, 9.17) is 29.9 Å². The van der Waals surface area contributed by atoms with Crippen LogP contribution in [0.3, 0.4) is 0 Å². The Hall–Kier alpha value is -14.4. The number of hydrogen-bond donors (Lipinski definition) is 0. The van der Waals surface area contributed by atoms with E-state index in [1.807, 2.05) is 144 Å². The second-order valence-electron chi connectivity index (χ2n) is 28.1. The molecule has 0 saturated heterocycles. The van der Waals surface area contributed by atoms with Gasteiger partial charge < -0.3 is 9.13 Å². The Kier molecular flexibility index (Phi) is 16.4. The zero-order chi connectivity index (χ0) is 74.0. The van der Waals surface area contributed by atoms with Gasteiger partial charge >= 0.3 is 0 Å². The maximum Gasteiger partial charge on any atom is 0.164 e. The van der Waals surface area contributed by atoms with Crippen LogP contribution in [0, 0.1) is 0 Å². The molecule has 0 saturated carbocycles. The minimum atomic E-state index is 0.643. The van der Waals surface area contributed by atoms with Crippen LogP contribution in [0.25, 0.3) is 208 Å². The van der Waals surface area contributed by atoms with Crippen LogP contribution in [0.5, 0.6) is 0 Å². The van der Waals surface area contributed by atoms with Crippen molar-refractivity contribution in [1.82, 2.24) is 39.0 Å². The lowest BCUT2D eigenvalue weighted by Gasteiger charge is -2.12. The summed E-state index contributed by atoms with van der Waals surface area (Å²) >= 11 is 3.75. The number of benzene rings is 16. The van der Waals surface area contributed by atoms with Crippen LogP contribution in [0.2, 0.25) is 0 Å². The number of thiophene rings is 2. The maximum atomic E-state index is 4.97. The van der Waals surface area contributed by atoms with Crippen molar-refractivity contribution in [3.8, 4) is 124 Å². The molecule has 0 spiro atoms. The zero-order valence-corrected chi connectivity index (χ0v) is 62.0. The normalized spacial score (nSPS) is 11.6. The van der Waals surface area contributed by atoms with E-state index < -0.39 is 0 Å². The van der Waals surface area contributed by atoms with Crippen molar-refractivity contribution in [2.45, 2.75) is 0 Å². The van der Waals surface area contributed by atoms with E-state index in [1.165, 1.54) is 106 Å². The Balaban J connectivity index is 0.000000141. The number of para-hydroxylation sites is 2. The molecule has 6 heterocycles. The summed E-state index contributed by atoms with van der Waals surface area (Å²) < 4.78 is 10.1. The Labute approximate surface area is 653 Å². The average molecular weight is 1470 g/mol. The van der Waals surface area contributed by atoms with Crippen LogP contribution in [-0.2, 0) is 0 Å². The third-order valence-corrected chi connectivity index (χ3v) is 23.8. The molecule has 0 aliphatic rings. The van der Waals surface area contributed by atoms with Crippen molar-refractivity contribution in [1.29, 1.82) is 0 Å². The molecule has 0 aliphatic heterocycles. The Morgan fingerprint density at radius 1 is 0.170 bits per heavy atom. The Morgan fingerprint density at radius 3 is 0.929 bits per heavy atom. The van der Waals surface area contributed by atoms with Gasteiger partial charge in [-0.3, -0.25) is 0 Å². The molecule has 22 aromatic rings. The smallest absolute Gasteiger partial charge is 0.164 e. The fourth-order valence-corrected chi connectivity index (χ4v) is 18.4. The first-order valence-electron chi connectivity index (χ1n) is 37.5. The average Bonchev–Trinajstić information content (AvgIpc) is 1.04. The first-order chi connectivity index (χ1) is 55.5. The highest BCUT2D eigenvalue weighted by Gasteiger charge is 2.21. The molecule has 0 amide bonds. The molecule has 524 valence electrons. The van der Waals surface area contributed by atoms with Crippen molar-refractivity contribution < 1.29 is 0 Å². The van der Waals surface area contributed by atoms with Gasteiger partial charge in [0.2, 0.25) is 0 Å². The van der Waals surface area contributed by atoms with Crippen LogP contribution in [-0.4, -0.2) is 39.0 Å². The molecule has 0 radical (unpaired) electrons. The van der Waals surface area contributed by atoms with E-state index in [9.17, 15) is 0 Å². The second kappa shape index (κ2) is 28.0. The van der Waals surface area contributed by atoms with E-state index in [1.54, 1.807) is 0 Å². The third kappa shape index (κ3) is 11.9. The van der Waals surface area contributed by atoms with Crippen molar-refractivity contribution >= 4 is 107 Å². The molecule has 10 heteroatoms. The van der Waals surface area contributed by atoms with Crippen LogP contribution >= 0.6 is 22.7 Å². The minimum Gasteiger partial charge on any atom is -0.309 e. The molecule has 0 aliphatic carbocycles. The van der Waals surface area contributed by atoms with Crippen LogP contribution in [0.15, 0.2) is 388 Å². The standard InChI is InChI=1S/2C51H32N4S/c1-3-13-34(14-4-1)49-52-50(35-15-5-2-6-16-35)54-51(53-49)38-18-11-17-36(31-38)33-25-28-39(29-26-33)55-45-23-9-7-19-41(45)44-32-37(27-30-46(44)55)40-21-12-22-43-42-20-8-10-24-47(42)56-48(40)43;1-3-13-34(14-4-1)49-52-50(35-15-5-2-6-16-35)54-51(53-49)36-27-25-33(26-28-36)37-17-11-18-39(31-37)55-45-23-9-7-19-41(45)44-32-38(29-30-46(44)55)40-21-12-22-43-42-20-8-10-24-47(42)56-48(40)43/h2*1-32H. The first-order valence-corrected chi connectivity index (χ1v) is 39.2. The van der Waals surface area contributed by atoms with Crippen molar-refractivity contribution in [2.24, 2.45) is 0 Å². The molecule has 0 bridgehead atoms. The summed E-state index contributed by atoms with van der Waals surface area (Å²) in [4.78, 5) is 29.5. The topological polar surface area (TPSA) is 87.2 Å². The Bertz CT molecular complexity index is 7240. The monoisotopic (exact) mass is 1460 g/mol. The SMILES string of the molecule is c1ccc(-c2nc(-c3ccccc3)nc(-c3ccc(-c4cccc(-n5c6ccccc6c6cc(-c7cccc8c7sc7ccccc78)ccc65)c4)cc3)n2)cc1.c1ccc(-c2nc(-c3ccccc3)nc(-c3cccc(-c4ccc(-n5c6ccccc6c6cc(-c7cccc8c7sc7ccccc78)ccc65)cc4)c3)n2)cc1. The van der Waals surface area contributed by atoms with Gasteiger partial charge in [-0.25, -0.2) is 29.9 Å². The number of hydrogen-bond acceptors (Lipinski definition) is 8. The molecular formula is C102H64N8S2. The summed E-state index contributed by atoms with van der Waals surface area (Å²) in [5.74, 6) is 3.90. The molecule has 0 atom stereocenters. The summed E-state index contributed by atoms with van der Waals surface area (Å²) in [5, 5.41) is 10.2. The lowest BCUT2D eigenvalue weighted by atomic mass is 10.0. The summed E-state index contributed by atoms with van der Waals surface area (Å²) in [6.45, 7) is 0. The van der Waals surface area contributed by atoms with Gasteiger partial charge in [0.1, 0.15) is 0 Å². The summed E-state index contributed by atoms with van der Waals surface area (Å²) in [7, 11) is 0. The minimum absolute atomic E-state index is 0.643. The molecule has 6 aromatic heterocycles. The molecule has 0 N–H and O–H groups in total. The highest BCUT2D eigenvalue weighted by atomic mass is 32.1. The molecule has 112 heavy (non-hydrogen) atoms. The second-order valence-corrected chi connectivity index (χ2v) is 30.2. The van der Waals surface area contributed by atoms with Gasteiger partial charge in [-0.15, -0.1) is 22.7 Å². The van der Waals surface area contributed by atoms with Crippen molar-refractivity contribution in [3.05, 3.63) is 388 Å². The van der Waals surface area contributed by atoms with Gasteiger partial charge in [0.15, 0.2) is 34.9 Å². The Morgan fingerprint density at radius 2 is 0.473 bits per heavy atom. The van der Waals surface area contributed by atoms with Gasteiger partial charge in [-0.1, -0.05) is 309 Å². The van der Waals surface area contributed by atoms with Crippen LogP contribution < -0.4 is 0 Å². The number of nitrogens with zero attached hydrogens (tertiary/aromatic N) is 8. The predicted molar refractivity (Wildman–Crippen MR) is 468 cm³/mol. The molecule has 0 fully saturated rings. The summed E-state index contributed by atoms with van der Waals surface area (Å²) in [5.41, 5.74) is 22.2.